The van der Waals surface area contributed by atoms with Gasteiger partial charge in [-0.05, 0) is 41.8 Å². The van der Waals surface area contributed by atoms with Crippen molar-refractivity contribution in [3.8, 4) is 0 Å². The lowest BCUT2D eigenvalue weighted by atomic mass is 10.0. The molecule has 1 N–H and O–H groups in total. The van der Waals surface area contributed by atoms with Gasteiger partial charge in [-0.1, -0.05) is 42.8 Å². The monoisotopic (exact) mass is 411 g/mol. The Morgan fingerprint density at radius 1 is 1.19 bits per heavy atom. The molecule has 7 heteroatoms. The third-order valence-electron chi connectivity index (χ3n) is 3.85. The third-order valence-corrected chi connectivity index (χ3v) is 6.21. The molecule has 0 fully saturated rings. The third kappa shape index (κ3) is 6.34. The molecule has 140 valence electrons. The van der Waals surface area contributed by atoms with Gasteiger partial charge in [-0.15, -0.1) is 11.8 Å². The van der Waals surface area contributed by atoms with Gasteiger partial charge in [-0.25, -0.2) is 8.42 Å². The minimum Gasteiger partial charge on any atom is -0.349 e. The largest absolute Gasteiger partial charge is 0.349 e. The SMILES string of the molecule is CC[C@@H](NC(=O)CSCc1cccc(Cl)c1)c1ccc(S(C)(=O)=O)cc1. The van der Waals surface area contributed by atoms with E-state index in [1.54, 1.807) is 24.3 Å². The first-order valence-corrected chi connectivity index (χ1v) is 11.6. The number of thioether (sulfide) groups is 1. The zero-order chi connectivity index (χ0) is 19.2. The van der Waals surface area contributed by atoms with Gasteiger partial charge in [0.15, 0.2) is 9.84 Å². The van der Waals surface area contributed by atoms with Crippen molar-refractivity contribution in [2.75, 3.05) is 12.0 Å². The van der Waals surface area contributed by atoms with Crippen molar-refractivity contribution in [1.82, 2.24) is 5.32 Å². The van der Waals surface area contributed by atoms with E-state index in [0.29, 0.717) is 16.5 Å². The van der Waals surface area contributed by atoms with Crippen molar-refractivity contribution < 1.29 is 13.2 Å². The first kappa shape index (κ1) is 20.8. The number of hydrogen-bond donors (Lipinski definition) is 1. The molecular formula is C19H22ClNO3S2. The van der Waals surface area contributed by atoms with Crippen LogP contribution in [0.15, 0.2) is 53.4 Å². The highest BCUT2D eigenvalue weighted by molar-refractivity contribution is 7.99. The number of nitrogens with one attached hydrogen (secondary N) is 1. The Balaban J connectivity index is 1.89. The Morgan fingerprint density at radius 3 is 2.46 bits per heavy atom. The number of amides is 1. The van der Waals surface area contributed by atoms with E-state index in [2.05, 4.69) is 5.32 Å². The minimum absolute atomic E-state index is 0.0453. The summed E-state index contributed by atoms with van der Waals surface area (Å²) < 4.78 is 23.1. The van der Waals surface area contributed by atoms with Gasteiger partial charge in [0.25, 0.3) is 0 Å². The Morgan fingerprint density at radius 2 is 1.88 bits per heavy atom. The highest BCUT2D eigenvalue weighted by atomic mass is 35.5. The van der Waals surface area contributed by atoms with E-state index in [1.807, 2.05) is 31.2 Å². The van der Waals surface area contributed by atoms with Crippen LogP contribution >= 0.6 is 23.4 Å². The van der Waals surface area contributed by atoms with Gasteiger partial charge in [-0.2, -0.15) is 0 Å². The summed E-state index contributed by atoms with van der Waals surface area (Å²) in [5.74, 6) is 1.02. The summed E-state index contributed by atoms with van der Waals surface area (Å²) in [6.45, 7) is 1.98. The standard InChI is InChI=1S/C19H22ClNO3S2/c1-3-18(15-7-9-17(10-8-15)26(2,23)24)21-19(22)13-25-12-14-5-4-6-16(20)11-14/h4-11,18H,3,12-13H2,1-2H3,(H,21,22)/t18-/m1/s1. The van der Waals surface area contributed by atoms with E-state index in [9.17, 15) is 13.2 Å². The lowest BCUT2D eigenvalue weighted by Crippen LogP contribution is -2.29. The van der Waals surface area contributed by atoms with Crippen molar-refractivity contribution in [1.29, 1.82) is 0 Å². The fourth-order valence-electron chi connectivity index (χ4n) is 2.49. The van der Waals surface area contributed by atoms with E-state index in [1.165, 1.54) is 18.0 Å². The Bertz CT molecular complexity index is 851. The number of sulfone groups is 1. The first-order valence-electron chi connectivity index (χ1n) is 8.21. The van der Waals surface area contributed by atoms with Crippen LogP contribution in [0.3, 0.4) is 0 Å². The van der Waals surface area contributed by atoms with Gasteiger partial charge in [0.05, 0.1) is 16.7 Å². The highest BCUT2D eigenvalue weighted by Gasteiger charge is 2.14. The average Bonchev–Trinajstić information content (AvgIpc) is 2.59. The van der Waals surface area contributed by atoms with Crippen molar-refractivity contribution in [2.24, 2.45) is 0 Å². The molecule has 1 atom stereocenters. The quantitative estimate of drug-likeness (QED) is 0.705. The van der Waals surface area contributed by atoms with Crippen LogP contribution in [-0.2, 0) is 20.4 Å². The average molecular weight is 412 g/mol. The van der Waals surface area contributed by atoms with Crippen LogP contribution in [0.25, 0.3) is 0 Å². The van der Waals surface area contributed by atoms with Crippen molar-refractivity contribution in [3.63, 3.8) is 0 Å². The number of rotatable bonds is 8. The minimum atomic E-state index is -3.22. The molecule has 4 nitrogen and oxygen atoms in total. The topological polar surface area (TPSA) is 63.2 Å². The predicted octanol–water partition coefficient (Wildman–Crippen LogP) is 4.24. The molecule has 0 radical (unpaired) electrons. The highest BCUT2D eigenvalue weighted by Crippen LogP contribution is 2.20. The first-order chi connectivity index (χ1) is 12.3. The summed E-state index contributed by atoms with van der Waals surface area (Å²) in [5, 5.41) is 3.69. The summed E-state index contributed by atoms with van der Waals surface area (Å²) in [5.41, 5.74) is 1.98. The molecule has 0 heterocycles. The Kier molecular flexibility index (Phi) is 7.55. The maximum atomic E-state index is 12.2. The van der Waals surface area contributed by atoms with Crippen LogP contribution in [0, 0.1) is 0 Å². The van der Waals surface area contributed by atoms with E-state index in [4.69, 9.17) is 11.6 Å². The molecular weight excluding hydrogens is 390 g/mol. The van der Waals surface area contributed by atoms with E-state index < -0.39 is 9.84 Å². The lowest BCUT2D eigenvalue weighted by Gasteiger charge is -2.17. The molecule has 1 amide bonds. The van der Waals surface area contributed by atoms with Crippen molar-refractivity contribution in [2.45, 2.75) is 30.0 Å². The molecule has 0 aromatic heterocycles. The van der Waals surface area contributed by atoms with E-state index in [0.717, 1.165) is 17.5 Å². The number of hydrogen-bond acceptors (Lipinski definition) is 4. The van der Waals surface area contributed by atoms with Gasteiger partial charge < -0.3 is 5.32 Å². The molecule has 0 aliphatic carbocycles. The zero-order valence-electron chi connectivity index (χ0n) is 14.7. The summed E-state index contributed by atoms with van der Waals surface area (Å²) in [7, 11) is -3.22. The fraction of sp³-hybridized carbons (Fsp3) is 0.316. The Hall–Kier alpha value is -1.50. The molecule has 0 spiro atoms. The normalized spacial score (nSPS) is 12.6. The smallest absolute Gasteiger partial charge is 0.230 e. The van der Waals surface area contributed by atoms with Gasteiger partial charge in [-0.3, -0.25) is 4.79 Å². The number of carbonyl (C=O) groups excluding carboxylic acids is 1. The molecule has 26 heavy (non-hydrogen) atoms. The summed E-state index contributed by atoms with van der Waals surface area (Å²) in [6, 6.07) is 14.1. The number of halogens is 1. The van der Waals surface area contributed by atoms with Gasteiger partial charge >= 0.3 is 0 Å². The van der Waals surface area contributed by atoms with Crippen LogP contribution < -0.4 is 5.32 Å². The molecule has 2 aromatic rings. The predicted molar refractivity (Wildman–Crippen MR) is 108 cm³/mol. The summed E-state index contributed by atoms with van der Waals surface area (Å²) in [4.78, 5) is 12.5. The molecule has 0 unspecified atom stereocenters. The molecule has 2 aromatic carbocycles. The van der Waals surface area contributed by atoms with Crippen LogP contribution in [0.2, 0.25) is 5.02 Å². The molecule has 0 aliphatic heterocycles. The maximum absolute atomic E-state index is 12.2. The van der Waals surface area contributed by atoms with Crippen LogP contribution in [0.1, 0.15) is 30.5 Å². The number of carbonyl (C=O) groups is 1. The Labute approximate surface area is 164 Å². The van der Waals surface area contributed by atoms with Crippen LogP contribution in [0.5, 0.6) is 0 Å². The van der Waals surface area contributed by atoms with E-state index >= 15 is 0 Å². The molecule has 2 rings (SSSR count). The van der Waals surface area contributed by atoms with Gasteiger partial charge in [0.1, 0.15) is 0 Å². The zero-order valence-corrected chi connectivity index (χ0v) is 17.1. The summed E-state index contributed by atoms with van der Waals surface area (Å²) in [6.07, 6.45) is 1.90. The van der Waals surface area contributed by atoms with Gasteiger partial charge in [0.2, 0.25) is 5.91 Å². The molecule has 0 aliphatic rings. The van der Waals surface area contributed by atoms with Crippen molar-refractivity contribution >= 4 is 39.1 Å². The molecule has 0 saturated carbocycles. The second kappa shape index (κ2) is 9.44. The van der Waals surface area contributed by atoms with Gasteiger partial charge in [0, 0.05) is 17.0 Å². The fourth-order valence-corrected chi connectivity index (χ4v) is 4.12. The molecule has 0 bridgehead atoms. The second-order valence-electron chi connectivity index (χ2n) is 5.99. The summed E-state index contributed by atoms with van der Waals surface area (Å²) >= 11 is 7.48. The second-order valence-corrected chi connectivity index (χ2v) is 9.43. The van der Waals surface area contributed by atoms with E-state index in [-0.39, 0.29) is 16.8 Å². The molecule has 0 saturated heterocycles. The van der Waals surface area contributed by atoms with Crippen LogP contribution in [-0.4, -0.2) is 26.3 Å². The van der Waals surface area contributed by atoms with Crippen LogP contribution in [0.4, 0.5) is 0 Å². The maximum Gasteiger partial charge on any atom is 0.230 e. The lowest BCUT2D eigenvalue weighted by molar-refractivity contribution is -0.119. The number of benzene rings is 2. The van der Waals surface area contributed by atoms with Crippen molar-refractivity contribution in [3.05, 3.63) is 64.7 Å².